The van der Waals surface area contributed by atoms with Crippen LogP contribution in [0, 0.1) is 0 Å². The van der Waals surface area contributed by atoms with Crippen LogP contribution in [0.2, 0.25) is 18.1 Å². The van der Waals surface area contributed by atoms with Crippen molar-refractivity contribution >= 4 is 8.32 Å². The maximum Gasteiger partial charge on any atom is 0.202 e. The Balaban J connectivity index is 4.58. The molecule has 0 rings (SSSR count). The molecule has 0 saturated carbocycles. The van der Waals surface area contributed by atoms with E-state index < -0.39 is 8.32 Å². The zero-order valence-electron chi connectivity index (χ0n) is 14.5. The minimum atomic E-state index is -1.92. The first-order chi connectivity index (χ1) is 10.7. The summed E-state index contributed by atoms with van der Waals surface area (Å²) in [6, 6.07) is 2.84. The largest absolute Gasteiger partial charge is 0.502 e. The summed E-state index contributed by atoms with van der Waals surface area (Å²) in [5.41, 5.74) is 0. The van der Waals surface area contributed by atoms with E-state index in [-0.39, 0.29) is 0 Å². The van der Waals surface area contributed by atoms with Gasteiger partial charge in [0.05, 0.1) is 38.6 Å². The Hall–Kier alpha value is -1.20. The van der Waals surface area contributed by atoms with Crippen molar-refractivity contribution in [2.45, 2.75) is 45.8 Å². The van der Waals surface area contributed by atoms with Gasteiger partial charge in [-0.3, -0.25) is 0 Å². The molecule has 0 aliphatic heterocycles. The predicted molar refractivity (Wildman–Crippen MR) is 94.1 cm³/mol. The Morgan fingerprint density at radius 3 is 1.32 bits per heavy atom. The molecule has 0 radical (unpaired) electrons. The maximum absolute atomic E-state index is 6.20. The van der Waals surface area contributed by atoms with E-state index in [1.165, 1.54) is 0 Å². The van der Waals surface area contributed by atoms with Gasteiger partial charge in [0.1, 0.15) is 0 Å². The van der Waals surface area contributed by atoms with Crippen LogP contribution in [0.4, 0.5) is 0 Å². The fraction of sp³-hybridized carbons (Fsp3) is 0.647. The number of rotatable bonds is 14. The molecule has 0 aromatic heterocycles. The first-order valence-electron chi connectivity index (χ1n) is 8.07. The maximum atomic E-state index is 6.20. The fourth-order valence-corrected chi connectivity index (χ4v) is 5.39. The average molecular weight is 329 g/mol. The van der Waals surface area contributed by atoms with Crippen molar-refractivity contribution in [3.8, 4) is 0 Å². The van der Waals surface area contributed by atoms with E-state index in [1.807, 2.05) is 45.9 Å². The van der Waals surface area contributed by atoms with E-state index >= 15 is 0 Å². The minimum absolute atomic E-state index is 0.684. The zero-order valence-corrected chi connectivity index (χ0v) is 15.5. The first-order valence-corrected chi connectivity index (χ1v) is 10.6. The van der Waals surface area contributed by atoms with Gasteiger partial charge in [-0.25, -0.2) is 0 Å². The molecule has 0 bridgehead atoms. The van der Waals surface area contributed by atoms with Gasteiger partial charge in [-0.2, -0.15) is 0 Å². The van der Waals surface area contributed by atoms with Gasteiger partial charge in [0.2, 0.25) is 8.32 Å². The summed E-state index contributed by atoms with van der Waals surface area (Å²) >= 11 is 0. The van der Waals surface area contributed by atoms with E-state index in [2.05, 4.69) is 0 Å². The molecule has 0 aliphatic rings. The highest BCUT2D eigenvalue weighted by Gasteiger charge is 2.34. The molecule has 4 nitrogen and oxygen atoms in total. The van der Waals surface area contributed by atoms with Crippen LogP contribution < -0.4 is 0 Å². The van der Waals surface area contributed by atoms with Gasteiger partial charge in [0.15, 0.2) is 0 Å². The summed E-state index contributed by atoms with van der Waals surface area (Å²) in [5.74, 6) is 0. The van der Waals surface area contributed by atoms with Gasteiger partial charge in [-0.15, -0.1) is 0 Å². The lowest BCUT2D eigenvalue weighted by molar-refractivity contribution is 0.223. The van der Waals surface area contributed by atoms with Crippen molar-refractivity contribution in [2.24, 2.45) is 0 Å². The van der Waals surface area contributed by atoms with Crippen molar-refractivity contribution < 1.29 is 18.6 Å². The molecule has 0 atom stereocenters. The summed E-state index contributed by atoms with van der Waals surface area (Å²) in [6.07, 6.45) is 10.9. The molecule has 0 aromatic rings. The molecule has 0 amide bonds. The van der Waals surface area contributed by atoms with Crippen molar-refractivity contribution in [1.29, 1.82) is 0 Å². The Bertz CT molecular complexity index is 281. The quantitative estimate of drug-likeness (QED) is 0.265. The standard InChI is InChI=1S/C17H32O4Si/c1-5-9-18-12-15-22(21-8-4,16-13-19-10-6-2)17-14-20-11-7-3/h5-7,9-11H,8,12-17H2,1-4H3/b9-5-,10-6-,11-7-. The van der Waals surface area contributed by atoms with Gasteiger partial charge in [-0.05, 0) is 27.7 Å². The minimum Gasteiger partial charge on any atom is -0.502 e. The summed E-state index contributed by atoms with van der Waals surface area (Å²) < 4.78 is 22.7. The van der Waals surface area contributed by atoms with E-state index in [9.17, 15) is 0 Å². The second-order valence-corrected chi connectivity index (χ2v) is 9.04. The van der Waals surface area contributed by atoms with Gasteiger partial charge in [0, 0.05) is 24.7 Å². The highest BCUT2D eigenvalue weighted by atomic mass is 28.4. The molecule has 0 unspecified atom stereocenters. The normalized spacial score (nSPS) is 12.5. The highest BCUT2D eigenvalue weighted by molar-refractivity contribution is 6.74. The molecular formula is C17H32O4Si. The molecule has 0 saturated heterocycles. The summed E-state index contributed by atoms with van der Waals surface area (Å²) in [4.78, 5) is 0. The lowest BCUT2D eigenvalue weighted by Gasteiger charge is -2.30. The Morgan fingerprint density at radius 2 is 1.05 bits per heavy atom. The fourth-order valence-electron chi connectivity index (χ4n) is 2.13. The van der Waals surface area contributed by atoms with Crippen molar-refractivity contribution in [2.75, 3.05) is 26.4 Å². The lowest BCUT2D eigenvalue weighted by atomic mass is 10.7. The average Bonchev–Trinajstić information content (AvgIpc) is 2.53. The van der Waals surface area contributed by atoms with Crippen molar-refractivity contribution in [3.63, 3.8) is 0 Å². The molecule has 128 valence electrons. The lowest BCUT2D eigenvalue weighted by Crippen LogP contribution is -2.41. The van der Waals surface area contributed by atoms with Gasteiger partial charge in [0.25, 0.3) is 0 Å². The smallest absolute Gasteiger partial charge is 0.202 e. The number of allylic oxidation sites excluding steroid dienone is 3. The predicted octanol–water partition coefficient (Wildman–Crippen LogP) is 4.62. The molecular weight excluding hydrogens is 296 g/mol. The Kier molecular flexibility index (Phi) is 13.9. The summed E-state index contributed by atoms with van der Waals surface area (Å²) in [6.45, 7) is 10.7. The van der Waals surface area contributed by atoms with Crippen LogP contribution in [-0.4, -0.2) is 34.7 Å². The highest BCUT2D eigenvalue weighted by Crippen LogP contribution is 2.23. The number of hydrogen-bond acceptors (Lipinski definition) is 4. The van der Waals surface area contributed by atoms with Crippen LogP contribution in [0.25, 0.3) is 0 Å². The molecule has 0 spiro atoms. The van der Waals surface area contributed by atoms with Gasteiger partial charge < -0.3 is 18.6 Å². The molecule has 0 N–H and O–H groups in total. The van der Waals surface area contributed by atoms with Gasteiger partial charge >= 0.3 is 0 Å². The van der Waals surface area contributed by atoms with Crippen LogP contribution >= 0.6 is 0 Å². The van der Waals surface area contributed by atoms with Gasteiger partial charge in [-0.1, -0.05) is 18.2 Å². The van der Waals surface area contributed by atoms with Crippen LogP contribution in [-0.2, 0) is 18.6 Å². The van der Waals surface area contributed by atoms with E-state index in [0.717, 1.165) is 24.7 Å². The Morgan fingerprint density at radius 1 is 0.682 bits per heavy atom. The monoisotopic (exact) mass is 328 g/mol. The second-order valence-electron chi connectivity index (χ2n) is 4.89. The molecule has 0 aromatic carbocycles. The van der Waals surface area contributed by atoms with Crippen LogP contribution in [0.5, 0.6) is 0 Å². The topological polar surface area (TPSA) is 36.9 Å². The third kappa shape index (κ3) is 10.5. The first kappa shape index (κ1) is 20.8. The Labute approximate surface area is 136 Å². The second kappa shape index (κ2) is 14.7. The SMILES string of the molecule is C/C=C\OCC[Si](CCO/C=C\C)(CCO/C=C\C)OCC. The number of ether oxygens (including phenoxy) is 3. The van der Waals surface area contributed by atoms with Crippen LogP contribution in [0.3, 0.4) is 0 Å². The summed E-state index contributed by atoms with van der Waals surface area (Å²) in [5, 5.41) is 0. The third-order valence-electron chi connectivity index (χ3n) is 3.17. The van der Waals surface area contributed by atoms with E-state index in [0.29, 0.717) is 19.8 Å². The molecule has 22 heavy (non-hydrogen) atoms. The van der Waals surface area contributed by atoms with Crippen LogP contribution in [0.1, 0.15) is 27.7 Å². The van der Waals surface area contributed by atoms with E-state index in [1.54, 1.807) is 18.8 Å². The third-order valence-corrected chi connectivity index (χ3v) is 7.42. The zero-order chi connectivity index (χ0) is 16.5. The van der Waals surface area contributed by atoms with Crippen LogP contribution in [0.15, 0.2) is 37.0 Å². The van der Waals surface area contributed by atoms with Crippen molar-refractivity contribution in [3.05, 3.63) is 37.0 Å². The number of hydrogen-bond donors (Lipinski definition) is 0. The summed E-state index contributed by atoms with van der Waals surface area (Å²) in [7, 11) is -1.92. The molecule has 0 aliphatic carbocycles. The van der Waals surface area contributed by atoms with Crippen molar-refractivity contribution in [1.82, 2.24) is 0 Å². The molecule has 0 heterocycles. The molecule has 5 heteroatoms. The molecule has 0 fully saturated rings. The van der Waals surface area contributed by atoms with E-state index in [4.69, 9.17) is 18.6 Å².